The largest absolute Gasteiger partial charge is 0.493 e. The van der Waals surface area contributed by atoms with Crippen molar-refractivity contribution in [1.82, 2.24) is 14.5 Å². The lowest BCUT2D eigenvalue weighted by Crippen LogP contribution is -2.22. The fraction of sp³-hybridized carbons (Fsp3) is 0.481. The summed E-state index contributed by atoms with van der Waals surface area (Å²) in [6.07, 6.45) is 2.00. The number of benzene rings is 1. The molecule has 0 saturated heterocycles. The van der Waals surface area contributed by atoms with E-state index in [2.05, 4.69) is 24.6 Å². The fourth-order valence-electron chi connectivity index (χ4n) is 3.93. The highest BCUT2D eigenvalue weighted by molar-refractivity contribution is 7.99. The summed E-state index contributed by atoms with van der Waals surface area (Å²) in [5, 5.41) is 1.63. The van der Waals surface area contributed by atoms with Gasteiger partial charge in [0.25, 0.3) is 0 Å². The Bertz CT molecular complexity index is 1410. The highest BCUT2D eigenvalue weighted by Crippen LogP contribution is 2.42. The summed E-state index contributed by atoms with van der Waals surface area (Å²) >= 11 is 8.01. The number of hydrogen-bond acceptors (Lipinski definition) is 10. The Balaban J connectivity index is 1.84. The van der Waals surface area contributed by atoms with Crippen LogP contribution in [-0.2, 0) is 25.7 Å². The van der Waals surface area contributed by atoms with Crippen LogP contribution in [0.25, 0.3) is 22.3 Å². The SMILES string of the molecule is CCOC(=O)CSc1nc(-c2cc(OCOC)c(OC)cc2Cl)c2c(C3=NC3)cn(COCC[Si](C)(C)C)c2n1. The molecule has 0 aliphatic carbocycles. The minimum absolute atomic E-state index is 0.0322. The summed E-state index contributed by atoms with van der Waals surface area (Å²) in [5.41, 5.74) is 3.77. The summed E-state index contributed by atoms with van der Waals surface area (Å²) in [5.74, 6) is 0.655. The third-order valence-corrected chi connectivity index (χ3v) is 8.85. The summed E-state index contributed by atoms with van der Waals surface area (Å²) in [7, 11) is 1.84. The van der Waals surface area contributed by atoms with Crippen molar-refractivity contribution >= 4 is 54.2 Å². The number of esters is 1. The van der Waals surface area contributed by atoms with Crippen LogP contribution in [0.5, 0.6) is 11.5 Å². The molecule has 3 heterocycles. The number of methoxy groups -OCH3 is 2. The average molecular weight is 607 g/mol. The Morgan fingerprint density at radius 3 is 2.58 bits per heavy atom. The van der Waals surface area contributed by atoms with Crippen molar-refractivity contribution in [3.63, 3.8) is 0 Å². The lowest BCUT2D eigenvalue weighted by Gasteiger charge is -2.16. The van der Waals surface area contributed by atoms with Crippen molar-refractivity contribution in [2.24, 2.45) is 4.99 Å². The van der Waals surface area contributed by atoms with Gasteiger partial charge in [-0.2, -0.15) is 0 Å². The molecule has 10 nitrogen and oxygen atoms in total. The van der Waals surface area contributed by atoms with Crippen molar-refractivity contribution in [2.75, 3.05) is 46.5 Å². The molecule has 3 aromatic rings. The minimum atomic E-state index is -1.24. The molecule has 1 aliphatic heterocycles. The van der Waals surface area contributed by atoms with E-state index in [9.17, 15) is 4.79 Å². The van der Waals surface area contributed by atoms with Crippen LogP contribution in [-0.4, -0.2) is 80.8 Å². The van der Waals surface area contributed by atoms with E-state index in [0.717, 1.165) is 22.7 Å². The van der Waals surface area contributed by atoms with Gasteiger partial charge >= 0.3 is 5.97 Å². The third kappa shape index (κ3) is 7.55. The van der Waals surface area contributed by atoms with Crippen LogP contribution in [0.4, 0.5) is 0 Å². The number of carbonyl (C=O) groups is 1. The number of carbonyl (C=O) groups excluding carboxylic acids is 1. The van der Waals surface area contributed by atoms with E-state index in [1.54, 1.807) is 33.3 Å². The Hall–Kier alpha value is -2.64. The van der Waals surface area contributed by atoms with Gasteiger partial charge in [-0.25, -0.2) is 9.97 Å². The molecule has 0 saturated carbocycles. The lowest BCUT2D eigenvalue weighted by molar-refractivity contribution is -0.139. The normalized spacial score (nSPS) is 12.9. The van der Waals surface area contributed by atoms with Gasteiger partial charge in [0.2, 0.25) is 0 Å². The zero-order valence-corrected chi connectivity index (χ0v) is 26.3. The smallest absolute Gasteiger partial charge is 0.316 e. The predicted octanol–water partition coefficient (Wildman–Crippen LogP) is 5.51. The van der Waals surface area contributed by atoms with Crippen LogP contribution in [0.1, 0.15) is 12.5 Å². The maximum absolute atomic E-state index is 12.1. The van der Waals surface area contributed by atoms with Crippen molar-refractivity contribution in [3.05, 3.63) is 28.9 Å². The van der Waals surface area contributed by atoms with Crippen LogP contribution < -0.4 is 9.47 Å². The van der Waals surface area contributed by atoms with E-state index >= 15 is 0 Å². The fourth-order valence-corrected chi connectivity index (χ4v) is 5.57. The molecule has 0 bridgehead atoms. The second-order valence-corrected chi connectivity index (χ2v) is 17.3. The van der Waals surface area contributed by atoms with Gasteiger partial charge in [-0.15, -0.1) is 0 Å². The van der Waals surface area contributed by atoms with Gasteiger partial charge in [0, 0.05) is 45.2 Å². The van der Waals surface area contributed by atoms with Gasteiger partial charge in [0.05, 0.1) is 47.8 Å². The van der Waals surface area contributed by atoms with Crippen molar-refractivity contribution < 1.29 is 28.5 Å². The van der Waals surface area contributed by atoms with Crippen LogP contribution >= 0.6 is 23.4 Å². The molecule has 0 radical (unpaired) electrons. The van der Waals surface area contributed by atoms with E-state index < -0.39 is 8.07 Å². The Morgan fingerprint density at radius 1 is 1.15 bits per heavy atom. The molecule has 0 unspecified atom stereocenters. The lowest BCUT2D eigenvalue weighted by atomic mass is 10.0. The highest BCUT2D eigenvalue weighted by atomic mass is 35.5. The van der Waals surface area contributed by atoms with Gasteiger partial charge in [-0.05, 0) is 19.0 Å². The minimum Gasteiger partial charge on any atom is -0.493 e. The van der Waals surface area contributed by atoms with Crippen LogP contribution in [0.3, 0.4) is 0 Å². The molecule has 0 amide bonds. The molecule has 1 aliphatic rings. The quantitative estimate of drug-likeness (QED) is 0.0552. The standard InChI is InChI=1S/C27H35ClN4O6SSi/c1-7-37-23(33)14-39-27-30-25(17-10-22(38-16-34-2)21(35-3)11-19(17)28)24-18(20-12-29-20)13-32(26(24)31-27)15-36-8-9-40(4,5)6/h10-11,13H,7-9,12,14-16H2,1-6H3. The number of thioether (sulfide) groups is 1. The number of aliphatic imine (C=N–C) groups is 1. The van der Waals surface area contributed by atoms with Crippen LogP contribution in [0.2, 0.25) is 30.7 Å². The molecule has 0 atom stereocenters. The highest BCUT2D eigenvalue weighted by Gasteiger charge is 2.27. The average Bonchev–Trinajstić information content (AvgIpc) is 3.69. The second kappa shape index (κ2) is 13.3. The Labute approximate surface area is 244 Å². The summed E-state index contributed by atoms with van der Waals surface area (Å²) in [6.45, 7) is 10.7. The van der Waals surface area contributed by atoms with E-state index in [1.165, 1.54) is 11.8 Å². The van der Waals surface area contributed by atoms with Crippen molar-refractivity contribution in [3.8, 4) is 22.8 Å². The van der Waals surface area contributed by atoms with Crippen molar-refractivity contribution in [1.29, 1.82) is 0 Å². The topological polar surface area (TPSA) is 106 Å². The summed E-state index contributed by atoms with van der Waals surface area (Å²) in [6, 6.07) is 4.52. The second-order valence-electron chi connectivity index (χ2n) is 10.3. The Kier molecular flexibility index (Phi) is 10.1. The first-order valence-corrected chi connectivity index (χ1v) is 18.0. The van der Waals surface area contributed by atoms with E-state index in [-0.39, 0.29) is 18.5 Å². The van der Waals surface area contributed by atoms with Crippen LogP contribution in [0.15, 0.2) is 28.5 Å². The number of ether oxygens (including phenoxy) is 5. The van der Waals surface area contributed by atoms with Crippen LogP contribution in [0, 0.1) is 0 Å². The van der Waals surface area contributed by atoms with Gasteiger partial charge in [0.15, 0.2) is 23.4 Å². The zero-order chi connectivity index (χ0) is 28.9. The van der Waals surface area contributed by atoms with Gasteiger partial charge in [0.1, 0.15) is 12.4 Å². The first-order chi connectivity index (χ1) is 19.1. The molecular weight excluding hydrogens is 572 g/mol. The van der Waals surface area contributed by atoms with E-state index in [4.69, 9.17) is 45.3 Å². The Morgan fingerprint density at radius 2 is 1.93 bits per heavy atom. The van der Waals surface area contributed by atoms with Gasteiger partial charge in [-0.3, -0.25) is 9.79 Å². The van der Waals surface area contributed by atoms with Crippen molar-refractivity contribution in [2.45, 2.75) is 44.5 Å². The number of fused-ring (bicyclic) bond motifs is 1. The maximum atomic E-state index is 12.1. The molecule has 0 N–H and O–H groups in total. The molecule has 0 spiro atoms. The predicted molar refractivity (Wildman–Crippen MR) is 160 cm³/mol. The number of rotatable bonds is 15. The summed E-state index contributed by atoms with van der Waals surface area (Å²) in [4.78, 5) is 26.3. The first kappa shape index (κ1) is 30.3. The first-order valence-electron chi connectivity index (χ1n) is 13.0. The number of hydrogen-bond donors (Lipinski definition) is 0. The van der Waals surface area contributed by atoms with E-state index in [0.29, 0.717) is 65.1 Å². The monoisotopic (exact) mass is 606 g/mol. The zero-order valence-electron chi connectivity index (χ0n) is 23.7. The van der Waals surface area contributed by atoms with Gasteiger partial charge in [-0.1, -0.05) is 43.0 Å². The molecule has 13 heteroatoms. The summed E-state index contributed by atoms with van der Waals surface area (Å²) < 4.78 is 29.5. The molecule has 4 rings (SSSR count). The molecule has 216 valence electrons. The molecule has 1 aromatic carbocycles. The third-order valence-electron chi connectivity index (χ3n) is 6.01. The molecule has 0 fully saturated rings. The van der Waals surface area contributed by atoms with E-state index in [1.807, 2.05) is 10.8 Å². The molecular formula is C27H35ClN4O6SSi. The van der Waals surface area contributed by atoms with Gasteiger partial charge < -0.3 is 28.3 Å². The maximum Gasteiger partial charge on any atom is 0.316 e. The molecule has 40 heavy (non-hydrogen) atoms. The number of nitrogens with zero attached hydrogens (tertiary/aromatic N) is 4. The number of aromatic nitrogens is 3. The number of halogens is 1. The molecule has 2 aromatic heterocycles.